The monoisotopic (exact) mass is 261 g/mol. The highest BCUT2D eigenvalue weighted by Gasteiger charge is 2.09. The molecule has 0 aliphatic carbocycles. The minimum absolute atomic E-state index is 0.241. The average Bonchev–Trinajstić information content (AvgIpc) is 2.35. The van der Waals surface area contributed by atoms with Crippen molar-refractivity contribution >= 4 is 28.9 Å². The van der Waals surface area contributed by atoms with Crippen LogP contribution < -0.4 is 11.1 Å². The van der Waals surface area contributed by atoms with Crippen LogP contribution in [-0.2, 0) is 0 Å². The number of nitrogens with zero attached hydrogens (tertiary/aromatic N) is 1. The van der Waals surface area contributed by atoms with Gasteiger partial charge in [-0.05, 0) is 37.3 Å². The van der Waals surface area contributed by atoms with E-state index in [1.165, 1.54) is 0 Å². The number of nitrogens with two attached hydrogens (primary N) is 1. The first kappa shape index (κ1) is 12.4. The van der Waals surface area contributed by atoms with E-state index in [0.717, 1.165) is 5.69 Å². The Labute approximate surface area is 110 Å². The Morgan fingerprint density at radius 3 is 2.83 bits per heavy atom. The number of hydrogen-bond donors (Lipinski definition) is 2. The molecule has 0 fully saturated rings. The zero-order chi connectivity index (χ0) is 13.1. The Morgan fingerprint density at radius 1 is 1.39 bits per heavy atom. The van der Waals surface area contributed by atoms with Gasteiger partial charge in [0.25, 0.3) is 5.91 Å². The van der Waals surface area contributed by atoms with Gasteiger partial charge in [0.2, 0.25) is 0 Å². The molecule has 0 saturated heterocycles. The van der Waals surface area contributed by atoms with Crippen molar-refractivity contribution in [3.8, 4) is 0 Å². The van der Waals surface area contributed by atoms with Gasteiger partial charge in [0, 0.05) is 11.8 Å². The van der Waals surface area contributed by atoms with Crippen molar-refractivity contribution in [3.63, 3.8) is 0 Å². The SMILES string of the molecule is Cc1ncccc1NC(=O)c1ccc(Cl)c(N)c1. The molecular formula is C13H12ClN3O. The Morgan fingerprint density at radius 2 is 2.17 bits per heavy atom. The van der Waals surface area contributed by atoms with Crippen LogP contribution in [0.25, 0.3) is 0 Å². The number of rotatable bonds is 2. The van der Waals surface area contributed by atoms with Crippen LogP contribution in [0.5, 0.6) is 0 Å². The molecule has 0 radical (unpaired) electrons. The smallest absolute Gasteiger partial charge is 0.255 e. The lowest BCUT2D eigenvalue weighted by atomic mass is 10.2. The van der Waals surface area contributed by atoms with Gasteiger partial charge in [0.1, 0.15) is 0 Å². The predicted molar refractivity (Wildman–Crippen MR) is 72.8 cm³/mol. The summed E-state index contributed by atoms with van der Waals surface area (Å²) in [5.74, 6) is -0.241. The van der Waals surface area contributed by atoms with E-state index in [1.54, 1.807) is 36.5 Å². The first-order valence-corrected chi connectivity index (χ1v) is 5.73. The zero-order valence-corrected chi connectivity index (χ0v) is 10.5. The molecule has 1 amide bonds. The Kier molecular flexibility index (Phi) is 3.48. The second kappa shape index (κ2) is 5.06. The van der Waals surface area contributed by atoms with Crippen LogP contribution >= 0.6 is 11.6 Å². The number of carbonyl (C=O) groups excluding carboxylic acids is 1. The van der Waals surface area contributed by atoms with Crippen LogP contribution in [0.2, 0.25) is 5.02 Å². The third-order valence-corrected chi connectivity index (χ3v) is 2.86. The molecule has 1 aromatic carbocycles. The normalized spacial score (nSPS) is 10.1. The zero-order valence-electron chi connectivity index (χ0n) is 9.77. The first-order valence-electron chi connectivity index (χ1n) is 5.36. The maximum absolute atomic E-state index is 12.0. The van der Waals surface area contributed by atoms with Crippen molar-refractivity contribution in [2.75, 3.05) is 11.1 Å². The summed E-state index contributed by atoms with van der Waals surface area (Å²) in [5, 5.41) is 3.21. The fourth-order valence-corrected chi connectivity index (χ4v) is 1.61. The quantitative estimate of drug-likeness (QED) is 0.817. The van der Waals surface area contributed by atoms with E-state index in [4.69, 9.17) is 17.3 Å². The summed E-state index contributed by atoms with van der Waals surface area (Å²) in [6, 6.07) is 8.32. The van der Waals surface area contributed by atoms with Crippen LogP contribution in [0, 0.1) is 6.92 Å². The lowest BCUT2D eigenvalue weighted by Crippen LogP contribution is -2.13. The Hall–Kier alpha value is -2.07. The Balaban J connectivity index is 2.22. The fraction of sp³-hybridized carbons (Fsp3) is 0.0769. The summed E-state index contributed by atoms with van der Waals surface area (Å²) >= 11 is 5.80. The van der Waals surface area contributed by atoms with Gasteiger partial charge in [-0.3, -0.25) is 9.78 Å². The van der Waals surface area contributed by atoms with Crippen LogP contribution in [0.3, 0.4) is 0 Å². The molecule has 0 aliphatic heterocycles. The number of aromatic nitrogens is 1. The highest BCUT2D eigenvalue weighted by molar-refractivity contribution is 6.33. The Bertz CT molecular complexity index is 599. The number of carbonyl (C=O) groups is 1. The van der Waals surface area contributed by atoms with Crippen molar-refractivity contribution in [2.24, 2.45) is 0 Å². The number of hydrogen-bond acceptors (Lipinski definition) is 3. The van der Waals surface area contributed by atoms with E-state index in [2.05, 4.69) is 10.3 Å². The van der Waals surface area contributed by atoms with E-state index in [-0.39, 0.29) is 5.91 Å². The first-order chi connectivity index (χ1) is 8.58. The summed E-state index contributed by atoms with van der Waals surface area (Å²) < 4.78 is 0. The van der Waals surface area contributed by atoms with Crippen LogP contribution in [0.1, 0.15) is 16.1 Å². The molecule has 3 N–H and O–H groups in total. The molecule has 0 aliphatic rings. The number of nitrogen functional groups attached to an aromatic ring is 1. The summed E-state index contributed by atoms with van der Waals surface area (Å²) in [7, 11) is 0. The molecule has 1 aromatic heterocycles. The number of halogens is 1. The number of nitrogens with one attached hydrogen (secondary N) is 1. The van der Waals surface area contributed by atoms with Crippen molar-refractivity contribution in [3.05, 3.63) is 52.8 Å². The van der Waals surface area contributed by atoms with E-state index in [1.807, 2.05) is 6.92 Å². The fourth-order valence-electron chi connectivity index (χ4n) is 1.50. The second-order valence-electron chi connectivity index (χ2n) is 3.83. The number of anilines is 2. The average molecular weight is 262 g/mol. The van der Waals surface area contributed by atoms with E-state index in [0.29, 0.717) is 22.0 Å². The van der Waals surface area contributed by atoms with Gasteiger partial charge in [-0.15, -0.1) is 0 Å². The van der Waals surface area contributed by atoms with Crippen LogP contribution in [0.4, 0.5) is 11.4 Å². The van der Waals surface area contributed by atoms with Crippen molar-refractivity contribution in [1.82, 2.24) is 4.98 Å². The van der Waals surface area contributed by atoms with Crippen molar-refractivity contribution < 1.29 is 4.79 Å². The lowest BCUT2D eigenvalue weighted by molar-refractivity contribution is 0.102. The minimum atomic E-state index is -0.241. The number of pyridine rings is 1. The maximum atomic E-state index is 12.0. The molecule has 0 bridgehead atoms. The second-order valence-corrected chi connectivity index (χ2v) is 4.23. The number of aryl methyl sites for hydroxylation is 1. The predicted octanol–water partition coefficient (Wildman–Crippen LogP) is 2.88. The van der Waals surface area contributed by atoms with Gasteiger partial charge < -0.3 is 11.1 Å². The molecule has 4 nitrogen and oxygen atoms in total. The van der Waals surface area contributed by atoms with E-state index < -0.39 is 0 Å². The molecule has 0 atom stereocenters. The summed E-state index contributed by atoms with van der Waals surface area (Å²) in [4.78, 5) is 16.1. The molecule has 5 heteroatoms. The summed E-state index contributed by atoms with van der Waals surface area (Å²) in [6.45, 7) is 1.83. The summed E-state index contributed by atoms with van der Waals surface area (Å²) in [5.41, 5.74) is 7.93. The van der Waals surface area contributed by atoms with Gasteiger partial charge in [-0.2, -0.15) is 0 Å². The molecule has 2 rings (SSSR count). The van der Waals surface area contributed by atoms with E-state index >= 15 is 0 Å². The largest absolute Gasteiger partial charge is 0.398 e. The molecule has 0 spiro atoms. The lowest BCUT2D eigenvalue weighted by Gasteiger charge is -2.08. The highest BCUT2D eigenvalue weighted by Crippen LogP contribution is 2.20. The maximum Gasteiger partial charge on any atom is 0.255 e. The van der Waals surface area contributed by atoms with Crippen molar-refractivity contribution in [2.45, 2.75) is 6.92 Å². The van der Waals surface area contributed by atoms with Crippen molar-refractivity contribution in [1.29, 1.82) is 0 Å². The molecule has 92 valence electrons. The van der Waals surface area contributed by atoms with Crippen LogP contribution in [0.15, 0.2) is 36.5 Å². The molecule has 1 heterocycles. The number of benzene rings is 1. The third kappa shape index (κ3) is 2.60. The molecule has 0 unspecified atom stereocenters. The number of amides is 1. The molecule has 0 saturated carbocycles. The molecule has 2 aromatic rings. The highest BCUT2D eigenvalue weighted by atomic mass is 35.5. The van der Waals surface area contributed by atoms with Gasteiger partial charge >= 0.3 is 0 Å². The van der Waals surface area contributed by atoms with Crippen LogP contribution in [-0.4, -0.2) is 10.9 Å². The third-order valence-electron chi connectivity index (χ3n) is 2.51. The molecule has 18 heavy (non-hydrogen) atoms. The van der Waals surface area contributed by atoms with E-state index in [9.17, 15) is 4.79 Å². The summed E-state index contributed by atoms with van der Waals surface area (Å²) in [6.07, 6.45) is 1.67. The molecular weight excluding hydrogens is 250 g/mol. The van der Waals surface area contributed by atoms with Gasteiger partial charge in [0.15, 0.2) is 0 Å². The minimum Gasteiger partial charge on any atom is -0.398 e. The topological polar surface area (TPSA) is 68.0 Å². The standard InChI is InChI=1S/C13H12ClN3O/c1-8-12(3-2-6-16-8)17-13(18)9-4-5-10(14)11(15)7-9/h2-7H,15H2,1H3,(H,17,18). The van der Waals surface area contributed by atoms with Gasteiger partial charge in [-0.25, -0.2) is 0 Å². The van der Waals surface area contributed by atoms with Gasteiger partial charge in [-0.1, -0.05) is 11.6 Å². The van der Waals surface area contributed by atoms with Gasteiger partial charge in [0.05, 0.1) is 22.1 Å².